The van der Waals surface area contributed by atoms with Crippen molar-refractivity contribution in [3.8, 4) is 0 Å². The highest BCUT2D eigenvalue weighted by molar-refractivity contribution is 9.10. The van der Waals surface area contributed by atoms with Crippen molar-refractivity contribution in [2.45, 2.75) is 48.0 Å². The maximum absolute atomic E-state index is 11.7. The molecule has 0 spiro atoms. The summed E-state index contributed by atoms with van der Waals surface area (Å²) in [6.45, 7) is 5.69. The summed E-state index contributed by atoms with van der Waals surface area (Å²) >= 11 is 7.05. The molecule has 0 N–H and O–H groups in total. The van der Waals surface area contributed by atoms with Crippen molar-refractivity contribution >= 4 is 37.8 Å². The third-order valence-electron chi connectivity index (χ3n) is 2.83. The van der Waals surface area contributed by atoms with E-state index in [1.54, 1.807) is 6.92 Å². The number of rotatable bonds is 1. The van der Waals surface area contributed by atoms with Crippen molar-refractivity contribution in [2.75, 3.05) is 7.11 Å². The Kier molecular flexibility index (Phi) is 3.89. The molecule has 1 aliphatic rings. The molecular formula is C10H16Br2O3. The number of ether oxygens (including phenoxy) is 2. The zero-order valence-electron chi connectivity index (χ0n) is 9.34. The SMILES string of the molecule is COC(=O)[C@]1(C)OC(C)(C)[C@@H](Br)C[C@H]1Br. The summed E-state index contributed by atoms with van der Waals surface area (Å²) in [4.78, 5) is 11.9. The normalized spacial score (nSPS) is 39.9. The molecule has 1 saturated heterocycles. The van der Waals surface area contributed by atoms with E-state index in [4.69, 9.17) is 9.47 Å². The molecule has 1 aliphatic heterocycles. The third-order valence-corrected chi connectivity index (χ3v) is 5.56. The number of esters is 1. The van der Waals surface area contributed by atoms with Gasteiger partial charge in [-0.15, -0.1) is 0 Å². The summed E-state index contributed by atoms with van der Waals surface area (Å²) in [5, 5.41) is 0. The van der Waals surface area contributed by atoms with Gasteiger partial charge in [-0.3, -0.25) is 0 Å². The van der Waals surface area contributed by atoms with E-state index in [1.165, 1.54) is 7.11 Å². The lowest BCUT2D eigenvalue weighted by Gasteiger charge is -2.47. The van der Waals surface area contributed by atoms with Crippen LogP contribution in [0.3, 0.4) is 0 Å². The number of methoxy groups -OCH3 is 1. The van der Waals surface area contributed by atoms with E-state index in [0.717, 1.165) is 6.42 Å². The van der Waals surface area contributed by atoms with Gasteiger partial charge >= 0.3 is 5.97 Å². The standard InChI is InChI=1S/C10H16Br2O3/c1-9(2)6(11)5-7(12)10(3,15-9)8(13)14-4/h6-7H,5H2,1-4H3/t6-,7+,10+/m0/s1. The molecule has 3 nitrogen and oxygen atoms in total. The highest BCUT2D eigenvalue weighted by atomic mass is 79.9. The van der Waals surface area contributed by atoms with Crippen LogP contribution in [0.25, 0.3) is 0 Å². The van der Waals surface area contributed by atoms with Crippen molar-refractivity contribution in [1.29, 1.82) is 0 Å². The van der Waals surface area contributed by atoms with Crippen molar-refractivity contribution in [1.82, 2.24) is 0 Å². The minimum absolute atomic E-state index is 0.0464. The van der Waals surface area contributed by atoms with Crippen LogP contribution in [-0.2, 0) is 14.3 Å². The van der Waals surface area contributed by atoms with Gasteiger partial charge in [-0.1, -0.05) is 31.9 Å². The van der Waals surface area contributed by atoms with Gasteiger partial charge in [-0.05, 0) is 27.2 Å². The van der Waals surface area contributed by atoms with E-state index in [2.05, 4.69) is 31.9 Å². The molecule has 88 valence electrons. The maximum Gasteiger partial charge on any atom is 0.339 e. The lowest BCUT2D eigenvalue weighted by atomic mass is 9.87. The molecule has 0 aromatic heterocycles. The molecule has 1 heterocycles. The van der Waals surface area contributed by atoms with E-state index in [9.17, 15) is 4.79 Å². The third kappa shape index (κ3) is 2.39. The van der Waals surface area contributed by atoms with Crippen LogP contribution in [0.1, 0.15) is 27.2 Å². The van der Waals surface area contributed by atoms with Crippen LogP contribution in [0, 0.1) is 0 Å². The molecule has 0 aromatic rings. The summed E-state index contributed by atoms with van der Waals surface area (Å²) in [5.74, 6) is -0.336. The van der Waals surface area contributed by atoms with Crippen molar-refractivity contribution in [2.24, 2.45) is 0 Å². The molecule has 1 fully saturated rings. The number of carbonyl (C=O) groups excluding carboxylic acids is 1. The Morgan fingerprint density at radius 2 is 1.87 bits per heavy atom. The van der Waals surface area contributed by atoms with Crippen LogP contribution >= 0.6 is 31.9 Å². The van der Waals surface area contributed by atoms with Gasteiger partial charge < -0.3 is 9.47 Å². The number of hydrogen-bond acceptors (Lipinski definition) is 3. The van der Waals surface area contributed by atoms with Gasteiger partial charge in [0.05, 0.1) is 17.5 Å². The lowest BCUT2D eigenvalue weighted by Crippen LogP contribution is -2.59. The van der Waals surface area contributed by atoms with E-state index >= 15 is 0 Å². The topological polar surface area (TPSA) is 35.5 Å². The average molecular weight is 344 g/mol. The highest BCUT2D eigenvalue weighted by Crippen LogP contribution is 2.42. The summed E-state index contributed by atoms with van der Waals surface area (Å²) in [7, 11) is 1.38. The van der Waals surface area contributed by atoms with Crippen LogP contribution < -0.4 is 0 Å². The van der Waals surface area contributed by atoms with Gasteiger partial charge in [0.15, 0.2) is 5.60 Å². The average Bonchev–Trinajstić information content (AvgIpc) is 2.13. The predicted molar refractivity (Wildman–Crippen MR) is 65.6 cm³/mol. The Hall–Kier alpha value is 0.390. The summed E-state index contributed by atoms with van der Waals surface area (Å²) in [6.07, 6.45) is 0.818. The molecule has 0 bridgehead atoms. The van der Waals surface area contributed by atoms with Crippen LogP contribution in [0.2, 0.25) is 0 Å². The molecule has 0 unspecified atom stereocenters. The first-order chi connectivity index (χ1) is 6.74. The predicted octanol–water partition coefficient (Wildman–Crippen LogP) is 2.64. The minimum Gasteiger partial charge on any atom is -0.467 e. The van der Waals surface area contributed by atoms with E-state index in [0.29, 0.717) is 0 Å². The van der Waals surface area contributed by atoms with Gasteiger partial charge in [-0.25, -0.2) is 4.79 Å². The van der Waals surface area contributed by atoms with E-state index < -0.39 is 5.60 Å². The summed E-state index contributed by atoms with van der Waals surface area (Å²) in [6, 6.07) is 0. The summed E-state index contributed by atoms with van der Waals surface area (Å²) < 4.78 is 10.7. The first kappa shape index (κ1) is 13.5. The first-order valence-corrected chi connectivity index (χ1v) is 6.64. The Balaban J connectivity index is 2.95. The molecule has 5 heteroatoms. The molecule has 0 saturated carbocycles. The number of alkyl halides is 2. The largest absolute Gasteiger partial charge is 0.467 e. The molecular weight excluding hydrogens is 328 g/mol. The Morgan fingerprint density at radius 1 is 1.33 bits per heavy atom. The zero-order valence-corrected chi connectivity index (χ0v) is 12.5. The number of carbonyl (C=O) groups is 1. The molecule has 3 atom stereocenters. The minimum atomic E-state index is -0.914. The van der Waals surface area contributed by atoms with Gasteiger partial charge in [0.25, 0.3) is 0 Å². The van der Waals surface area contributed by atoms with Crippen LogP contribution in [0.4, 0.5) is 0 Å². The molecule has 15 heavy (non-hydrogen) atoms. The van der Waals surface area contributed by atoms with E-state index in [1.807, 2.05) is 13.8 Å². The monoisotopic (exact) mass is 342 g/mol. The van der Waals surface area contributed by atoms with Crippen LogP contribution in [0.5, 0.6) is 0 Å². The molecule has 1 rings (SSSR count). The van der Waals surface area contributed by atoms with Gasteiger partial charge in [-0.2, -0.15) is 0 Å². The van der Waals surface area contributed by atoms with Gasteiger partial charge in [0.1, 0.15) is 0 Å². The lowest BCUT2D eigenvalue weighted by molar-refractivity contribution is -0.195. The Morgan fingerprint density at radius 3 is 2.33 bits per heavy atom. The second kappa shape index (κ2) is 4.34. The first-order valence-electron chi connectivity index (χ1n) is 4.81. The second-order valence-corrected chi connectivity index (χ2v) is 6.69. The number of halogens is 2. The van der Waals surface area contributed by atoms with Gasteiger partial charge in [0, 0.05) is 4.83 Å². The highest BCUT2D eigenvalue weighted by Gasteiger charge is 2.53. The molecule has 0 radical (unpaired) electrons. The molecule has 0 aliphatic carbocycles. The van der Waals surface area contributed by atoms with Crippen molar-refractivity contribution in [3.05, 3.63) is 0 Å². The van der Waals surface area contributed by atoms with E-state index in [-0.39, 0.29) is 21.2 Å². The Bertz CT molecular complexity index is 267. The quantitative estimate of drug-likeness (QED) is 0.542. The Labute approximate surface area is 107 Å². The summed E-state index contributed by atoms with van der Waals surface area (Å²) in [5.41, 5.74) is -1.30. The fourth-order valence-corrected chi connectivity index (χ4v) is 3.36. The van der Waals surface area contributed by atoms with Crippen LogP contribution in [-0.4, -0.2) is 33.9 Å². The molecule has 0 amide bonds. The van der Waals surface area contributed by atoms with Gasteiger partial charge in [0.2, 0.25) is 0 Å². The fourth-order valence-electron chi connectivity index (χ4n) is 1.74. The second-order valence-electron chi connectivity index (χ2n) is 4.47. The fraction of sp³-hybridized carbons (Fsp3) is 0.900. The van der Waals surface area contributed by atoms with Crippen molar-refractivity contribution < 1.29 is 14.3 Å². The van der Waals surface area contributed by atoms with Crippen molar-refractivity contribution in [3.63, 3.8) is 0 Å². The number of hydrogen-bond donors (Lipinski definition) is 0. The van der Waals surface area contributed by atoms with Crippen LogP contribution in [0.15, 0.2) is 0 Å². The molecule has 0 aromatic carbocycles. The zero-order chi connectivity index (χ0) is 11.9. The maximum atomic E-state index is 11.7. The smallest absolute Gasteiger partial charge is 0.339 e.